The summed E-state index contributed by atoms with van der Waals surface area (Å²) < 4.78 is 21.3. The SMILES string of the molecule is COc1c(OC2O[C@H](C(=O)O)[C@@H](O)[C@H](O)[C@H]2O)cc2oc(-c3ccc(O)c(O)c3)cc(=O)c2c1O. The molecule has 1 aliphatic rings. The minimum Gasteiger partial charge on any atom is -0.504 e. The van der Waals surface area contributed by atoms with Gasteiger partial charge < -0.3 is 54.4 Å². The van der Waals surface area contributed by atoms with Gasteiger partial charge in [0.1, 0.15) is 35.0 Å². The van der Waals surface area contributed by atoms with Crippen LogP contribution < -0.4 is 14.9 Å². The Morgan fingerprint density at radius 3 is 2.31 bits per heavy atom. The van der Waals surface area contributed by atoms with Crippen molar-refractivity contribution >= 4 is 16.9 Å². The van der Waals surface area contributed by atoms with E-state index in [1.54, 1.807) is 0 Å². The van der Waals surface area contributed by atoms with Gasteiger partial charge in [-0.1, -0.05) is 0 Å². The van der Waals surface area contributed by atoms with Gasteiger partial charge in [0.2, 0.25) is 12.0 Å². The highest BCUT2D eigenvalue weighted by atomic mass is 16.7. The molecule has 1 unspecified atom stereocenters. The highest BCUT2D eigenvalue weighted by Crippen LogP contribution is 2.43. The molecule has 1 aliphatic heterocycles. The van der Waals surface area contributed by atoms with E-state index in [1.807, 2.05) is 0 Å². The second-order valence-electron chi connectivity index (χ2n) is 7.66. The van der Waals surface area contributed by atoms with Gasteiger partial charge in [-0.05, 0) is 18.2 Å². The molecule has 13 heteroatoms. The third kappa shape index (κ3) is 4.17. The van der Waals surface area contributed by atoms with Crippen LogP contribution in [0, 0.1) is 0 Å². The average Bonchev–Trinajstić information content (AvgIpc) is 2.80. The molecule has 35 heavy (non-hydrogen) atoms. The molecule has 4 rings (SSSR count). The van der Waals surface area contributed by atoms with Crippen molar-refractivity contribution < 1.29 is 59.2 Å². The number of hydrogen-bond donors (Lipinski definition) is 7. The topological polar surface area (TPSA) is 217 Å². The first-order chi connectivity index (χ1) is 16.5. The highest BCUT2D eigenvalue weighted by Gasteiger charge is 2.48. The van der Waals surface area contributed by atoms with Crippen molar-refractivity contribution in [3.8, 4) is 40.1 Å². The Balaban J connectivity index is 1.81. The molecule has 0 spiro atoms. The number of ether oxygens (including phenoxy) is 3. The second kappa shape index (κ2) is 8.96. The van der Waals surface area contributed by atoms with Crippen molar-refractivity contribution in [2.24, 2.45) is 0 Å². The van der Waals surface area contributed by atoms with Crippen molar-refractivity contribution in [3.63, 3.8) is 0 Å². The van der Waals surface area contributed by atoms with Crippen LogP contribution in [0.15, 0.2) is 39.5 Å². The Labute approximate surface area is 195 Å². The van der Waals surface area contributed by atoms with Crippen LogP contribution in [-0.2, 0) is 9.53 Å². The van der Waals surface area contributed by atoms with Crippen molar-refractivity contribution in [1.82, 2.24) is 0 Å². The number of carboxylic acids is 1. The van der Waals surface area contributed by atoms with Crippen molar-refractivity contribution in [1.29, 1.82) is 0 Å². The number of fused-ring (bicyclic) bond motifs is 1. The number of aliphatic carboxylic acids is 1. The fraction of sp³-hybridized carbons (Fsp3) is 0.273. The van der Waals surface area contributed by atoms with Crippen LogP contribution in [0.5, 0.6) is 28.7 Å². The minimum atomic E-state index is -1.95. The number of phenols is 3. The van der Waals surface area contributed by atoms with Gasteiger partial charge in [0.15, 0.2) is 34.5 Å². The highest BCUT2D eigenvalue weighted by molar-refractivity contribution is 5.89. The van der Waals surface area contributed by atoms with Crippen LogP contribution in [0.3, 0.4) is 0 Å². The number of benzene rings is 2. The zero-order valence-corrected chi connectivity index (χ0v) is 17.9. The normalized spacial score (nSPS) is 24.3. The van der Waals surface area contributed by atoms with E-state index in [-0.39, 0.29) is 33.8 Å². The van der Waals surface area contributed by atoms with Gasteiger partial charge in [0.25, 0.3) is 0 Å². The Morgan fingerprint density at radius 1 is 0.971 bits per heavy atom. The predicted molar refractivity (Wildman–Crippen MR) is 114 cm³/mol. The lowest BCUT2D eigenvalue weighted by Gasteiger charge is -2.38. The summed E-state index contributed by atoms with van der Waals surface area (Å²) in [5.41, 5.74) is -0.715. The molecule has 7 N–H and O–H groups in total. The number of aliphatic hydroxyl groups excluding tert-OH is 3. The molecule has 0 aliphatic carbocycles. The molecule has 0 radical (unpaired) electrons. The number of carboxylic acid groups (broad SMARTS) is 1. The summed E-state index contributed by atoms with van der Waals surface area (Å²) in [5, 5.41) is 68.9. The van der Waals surface area contributed by atoms with Crippen LogP contribution in [-0.4, -0.2) is 79.5 Å². The fourth-order valence-electron chi connectivity index (χ4n) is 3.64. The zero-order chi connectivity index (χ0) is 25.6. The Morgan fingerprint density at radius 2 is 1.69 bits per heavy atom. The summed E-state index contributed by atoms with van der Waals surface area (Å²) in [6, 6.07) is 5.82. The second-order valence-corrected chi connectivity index (χ2v) is 7.66. The van der Waals surface area contributed by atoms with Gasteiger partial charge in [-0.3, -0.25) is 4.79 Å². The molecule has 0 bridgehead atoms. The van der Waals surface area contributed by atoms with Gasteiger partial charge in [-0.2, -0.15) is 0 Å². The zero-order valence-electron chi connectivity index (χ0n) is 17.9. The monoisotopic (exact) mass is 492 g/mol. The summed E-state index contributed by atoms with van der Waals surface area (Å²) in [6.45, 7) is 0. The van der Waals surface area contributed by atoms with Crippen LogP contribution in [0.2, 0.25) is 0 Å². The minimum absolute atomic E-state index is 0.0493. The Bertz CT molecular complexity index is 1350. The first kappa shape index (κ1) is 24.1. The molecular weight excluding hydrogens is 472 g/mol. The van der Waals surface area contributed by atoms with E-state index >= 15 is 0 Å². The maximum absolute atomic E-state index is 12.7. The molecule has 1 aromatic heterocycles. The van der Waals surface area contributed by atoms with Crippen molar-refractivity contribution in [2.45, 2.75) is 30.7 Å². The summed E-state index contributed by atoms with van der Waals surface area (Å²) in [5.74, 6) is -3.98. The Hall–Kier alpha value is -4.04. The first-order valence-corrected chi connectivity index (χ1v) is 10.0. The smallest absolute Gasteiger partial charge is 0.335 e. The van der Waals surface area contributed by atoms with Gasteiger partial charge >= 0.3 is 5.97 Å². The number of aromatic hydroxyl groups is 3. The fourth-order valence-corrected chi connectivity index (χ4v) is 3.64. The summed E-state index contributed by atoms with van der Waals surface area (Å²) in [6.07, 6.45) is -9.56. The van der Waals surface area contributed by atoms with Gasteiger partial charge in [0.05, 0.1) is 7.11 Å². The van der Waals surface area contributed by atoms with Gasteiger partial charge in [-0.15, -0.1) is 0 Å². The van der Waals surface area contributed by atoms with E-state index in [0.29, 0.717) is 0 Å². The molecule has 0 amide bonds. The number of carbonyl (C=O) groups is 1. The van der Waals surface area contributed by atoms with E-state index in [2.05, 4.69) is 0 Å². The predicted octanol–water partition coefficient (Wildman–Crippen LogP) is -0.144. The quantitative estimate of drug-likeness (QED) is 0.231. The van der Waals surface area contributed by atoms with Crippen molar-refractivity contribution in [3.05, 3.63) is 40.6 Å². The molecular formula is C22H20O13. The maximum Gasteiger partial charge on any atom is 0.335 e. The van der Waals surface area contributed by atoms with E-state index < -0.39 is 59.4 Å². The summed E-state index contributed by atoms with van der Waals surface area (Å²) >= 11 is 0. The van der Waals surface area contributed by atoms with Gasteiger partial charge in [0, 0.05) is 17.7 Å². The largest absolute Gasteiger partial charge is 0.504 e. The third-order valence-corrected chi connectivity index (χ3v) is 5.43. The lowest BCUT2D eigenvalue weighted by molar-refractivity contribution is -0.271. The van der Waals surface area contributed by atoms with E-state index in [1.165, 1.54) is 12.1 Å². The van der Waals surface area contributed by atoms with E-state index in [4.69, 9.17) is 18.6 Å². The number of aliphatic hydroxyl groups is 3. The molecule has 186 valence electrons. The molecule has 13 nitrogen and oxygen atoms in total. The summed E-state index contributed by atoms with van der Waals surface area (Å²) in [7, 11) is 1.14. The standard InChI is InChI=1S/C22H20O13/c1-32-19-13(34-22-18(29)16(27)17(28)20(35-22)21(30)31)6-12-14(15(19)26)10(25)5-11(33-12)7-2-3-8(23)9(24)4-7/h2-6,16-18,20,22-24,26-29H,1H3,(H,30,31)/t16-,17-,18+,20-,22?/m0/s1. The number of rotatable bonds is 5. The Kier molecular flexibility index (Phi) is 6.17. The lowest BCUT2D eigenvalue weighted by Crippen LogP contribution is -2.61. The van der Waals surface area contributed by atoms with Crippen LogP contribution in [0.1, 0.15) is 0 Å². The molecule has 0 saturated carbocycles. The molecule has 5 atom stereocenters. The average molecular weight is 492 g/mol. The van der Waals surface area contributed by atoms with Crippen LogP contribution in [0.4, 0.5) is 0 Å². The first-order valence-electron chi connectivity index (χ1n) is 10.0. The molecule has 1 saturated heterocycles. The maximum atomic E-state index is 12.7. The summed E-state index contributed by atoms with van der Waals surface area (Å²) in [4.78, 5) is 24.1. The van der Waals surface area contributed by atoms with Crippen molar-refractivity contribution in [2.75, 3.05) is 7.11 Å². The molecule has 2 aromatic carbocycles. The third-order valence-electron chi connectivity index (χ3n) is 5.43. The van der Waals surface area contributed by atoms with E-state index in [9.17, 15) is 45.3 Å². The van der Waals surface area contributed by atoms with Crippen LogP contribution >= 0.6 is 0 Å². The lowest BCUT2D eigenvalue weighted by atomic mass is 9.99. The number of hydrogen-bond acceptors (Lipinski definition) is 12. The number of phenolic OH excluding ortho intramolecular Hbond substituents is 3. The van der Waals surface area contributed by atoms with Crippen LogP contribution in [0.25, 0.3) is 22.3 Å². The molecule has 1 fully saturated rings. The number of methoxy groups -OCH3 is 1. The van der Waals surface area contributed by atoms with Gasteiger partial charge in [-0.25, -0.2) is 4.79 Å². The molecule has 2 heterocycles. The molecule has 3 aromatic rings. The van der Waals surface area contributed by atoms with E-state index in [0.717, 1.165) is 25.3 Å².